The highest BCUT2D eigenvalue weighted by molar-refractivity contribution is 5.54. The molecule has 0 spiro atoms. The first-order chi connectivity index (χ1) is 12.1. The van der Waals surface area contributed by atoms with Gasteiger partial charge in [-0.3, -0.25) is 4.90 Å². The maximum absolute atomic E-state index is 9.92. The number of benzene rings is 1. The lowest BCUT2D eigenvalue weighted by atomic mass is 9.76. The summed E-state index contributed by atoms with van der Waals surface area (Å²) in [6.07, 6.45) is 1.03. The molecule has 1 N–H and O–H groups in total. The van der Waals surface area contributed by atoms with Crippen LogP contribution < -0.4 is 0 Å². The average molecular weight is 342 g/mol. The van der Waals surface area contributed by atoms with Crippen LogP contribution in [-0.4, -0.2) is 47.9 Å². The predicted molar refractivity (Wildman–Crippen MR) is 95.1 cm³/mol. The summed E-state index contributed by atoms with van der Waals surface area (Å²) >= 11 is 0. The van der Waals surface area contributed by atoms with Gasteiger partial charge in [0.1, 0.15) is 5.76 Å². The van der Waals surface area contributed by atoms with E-state index in [2.05, 4.69) is 24.0 Å². The molecule has 2 fully saturated rings. The van der Waals surface area contributed by atoms with Crippen molar-refractivity contribution in [1.29, 1.82) is 0 Å². The summed E-state index contributed by atoms with van der Waals surface area (Å²) in [6, 6.07) is 8.25. The number of nitrogens with zero attached hydrogens (tertiary/aromatic N) is 2. The molecule has 0 radical (unpaired) electrons. The summed E-state index contributed by atoms with van der Waals surface area (Å²) in [5, 5.41) is 9.92. The highest BCUT2D eigenvalue weighted by atomic mass is 16.5. The van der Waals surface area contributed by atoms with E-state index in [1.807, 2.05) is 19.1 Å². The number of aryl methyl sites for hydroxylation is 2. The van der Waals surface area contributed by atoms with E-state index >= 15 is 0 Å². The second kappa shape index (κ2) is 6.56. The zero-order valence-electron chi connectivity index (χ0n) is 15.0. The van der Waals surface area contributed by atoms with Gasteiger partial charge < -0.3 is 14.3 Å². The van der Waals surface area contributed by atoms with Crippen LogP contribution in [-0.2, 0) is 11.3 Å². The first-order valence-electron chi connectivity index (χ1n) is 9.04. The number of aliphatic hydroxyl groups is 1. The standard InChI is InChI=1S/C20H26N2O3/c1-14-3-5-16(6-4-14)19-21-18(15(2)25-19)10-22-9-17-7-8-24-13-20(17,11-22)12-23/h3-6,17,23H,7-13H2,1-2H3/t17-,20+/m0/s1. The third kappa shape index (κ3) is 3.12. The summed E-state index contributed by atoms with van der Waals surface area (Å²) in [5.41, 5.74) is 3.12. The Morgan fingerprint density at radius 2 is 2.08 bits per heavy atom. The van der Waals surface area contributed by atoms with Crippen LogP contribution in [0, 0.1) is 25.2 Å². The van der Waals surface area contributed by atoms with Gasteiger partial charge in [-0.25, -0.2) is 4.98 Å². The number of aromatic nitrogens is 1. The minimum absolute atomic E-state index is 0.102. The Bertz CT molecular complexity index is 740. The summed E-state index contributed by atoms with van der Waals surface area (Å²) in [4.78, 5) is 7.13. The van der Waals surface area contributed by atoms with Crippen molar-refractivity contribution in [3.8, 4) is 11.5 Å². The molecule has 25 heavy (non-hydrogen) atoms. The SMILES string of the molecule is Cc1ccc(-c2nc(CN3C[C@@H]4CCOC[C@]4(CO)C3)c(C)o2)cc1. The van der Waals surface area contributed by atoms with Crippen LogP contribution in [0.5, 0.6) is 0 Å². The van der Waals surface area contributed by atoms with Crippen molar-refractivity contribution in [1.82, 2.24) is 9.88 Å². The van der Waals surface area contributed by atoms with E-state index in [0.29, 0.717) is 18.4 Å². The molecule has 3 heterocycles. The molecule has 0 amide bonds. The van der Waals surface area contributed by atoms with Crippen molar-refractivity contribution in [2.45, 2.75) is 26.8 Å². The lowest BCUT2D eigenvalue weighted by molar-refractivity contribution is -0.0561. The molecule has 1 aromatic carbocycles. The van der Waals surface area contributed by atoms with E-state index in [0.717, 1.165) is 49.7 Å². The summed E-state index contributed by atoms with van der Waals surface area (Å²) < 4.78 is 11.6. The smallest absolute Gasteiger partial charge is 0.226 e. The second-order valence-corrected chi connectivity index (χ2v) is 7.62. The van der Waals surface area contributed by atoms with Crippen LogP contribution in [0.1, 0.15) is 23.4 Å². The van der Waals surface area contributed by atoms with Crippen molar-refractivity contribution in [2.24, 2.45) is 11.3 Å². The van der Waals surface area contributed by atoms with E-state index in [4.69, 9.17) is 14.1 Å². The second-order valence-electron chi connectivity index (χ2n) is 7.62. The zero-order chi connectivity index (χ0) is 17.4. The molecule has 2 aromatic rings. The van der Waals surface area contributed by atoms with Crippen molar-refractivity contribution < 1.29 is 14.3 Å². The fourth-order valence-electron chi connectivity index (χ4n) is 4.16. The lowest BCUT2D eigenvalue weighted by Gasteiger charge is -2.36. The van der Waals surface area contributed by atoms with Crippen molar-refractivity contribution in [3.05, 3.63) is 41.3 Å². The minimum atomic E-state index is -0.102. The van der Waals surface area contributed by atoms with Gasteiger partial charge in [-0.15, -0.1) is 0 Å². The number of rotatable bonds is 4. The fourth-order valence-corrected chi connectivity index (χ4v) is 4.16. The first-order valence-corrected chi connectivity index (χ1v) is 9.04. The monoisotopic (exact) mass is 342 g/mol. The Balaban J connectivity index is 1.51. The molecule has 0 saturated carbocycles. The van der Waals surface area contributed by atoms with Gasteiger partial charge in [0, 0.05) is 37.2 Å². The molecule has 134 valence electrons. The van der Waals surface area contributed by atoms with Gasteiger partial charge in [-0.05, 0) is 38.3 Å². The van der Waals surface area contributed by atoms with Gasteiger partial charge in [-0.2, -0.15) is 0 Å². The molecule has 4 rings (SSSR count). The zero-order valence-corrected chi connectivity index (χ0v) is 15.0. The Morgan fingerprint density at radius 3 is 2.80 bits per heavy atom. The van der Waals surface area contributed by atoms with E-state index < -0.39 is 0 Å². The van der Waals surface area contributed by atoms with Crippen LogP contribution >= 0.6 is 0 Å². The van der Waals surface area contributed by atoms with Crippen LogP contribution in [0.3, 0.4) is 0 Å². The third-order valence-electron chi connectivity index (χ3n) is 5.76. The molecular weight excluding hydrogens is 316 g/mol. The number of hydrogen-bond donors (Lipinski definition) is 1. The molecule has 0 bridgehead atoms. The van der Waals surface area contributed by atoms with Gasteiger partial charge in [-0.1, -0.05) is 17.7 Å². The number of likely N-dealkylation sites (tertiary alicyclic amines) is 1. The van der Waals surface area contributed by atoms with Crippen molar-refractivity contribution >= 4 is 0 Å². The third-order valence-corrected chi connectivity index (χ3v) is 5.76. The van der Waals surface area contributed by atoms with E-state index in [9.17, 15) is 5.11 Å². The first kappa shape index (κ1) is 16.8. The van der Waals surface area contributed by atoms with Gasteiger partial charge in [0.05, 0.1) is 18.9 Å². The molecule has 1 aromatic heterocycles. The number of fused-ring (bicyclic) bond motifs is 1. The molecule has 2 aliphatic rings. The average Bonchev–Trinajstić information content (AvgIpc) is 3.16. The Labute approximate surface area is 148 Å². The van der Waals surface area contributed by atoms with Crippen LogP contribution in [0.2, 0.25) is 0 Å². The normalized spacial score (nSPS) is 26.8. The van der Waals surface area contributed by atoms with Crippen LogP contribution in [0.15, 0.2) is 28.7 Å². The van der Waals surface area contributed by atoms with Gasteiger partial charge >= 0.3 is 0 Å². The van der Waals surface area contributed by atoms with Crippen LogP contribution in [0.25, 0.3) is 11.5 Å². The summed E-state index contributed by atoms with van der Waals surface area (Å²) in [6.45, 7) is 8.34. The summed E-state index contributed by atoms with van der Waals surface area (Å²) in [7, 11) is 0. The number of aliphatic hydroxyl groups excluding tert-OH is 1. The van der Waals surface area contributed by atoms with Gasteiger partial charge in [0.2, 0.25) is 5.89 Å². The molecule has 0 aliphatic carbocycles. The Morgan fingerprint density at radius 1 is 1.28 bits per heavy atom. The van der Waals surface area contributed by atoms with E-state index in [-0.39, 0.29) is 12.0 Å². The molecule has 2 atom stereocenters. The topological polar surface area (TPSA) is 58.7 Å². The molecule has 2 saturated heterocycles. The number of oxazole rings is 1. The predicted octanol–water partition coefficient (Wildman–Crippen LogP) is 2.79. The van der Waals surface area contributed by atoms with E-state index in [1.54, 1.807) is 0 Å². The van der Waals surface area contributed by atoms with Gasteiger partial charge in [0.25, 0.3) is 0 Å². The Hall–Kier alpha value is -1.69. The largest absolute Gasteiger partial charge is 0.441 e. The minimum Gasteiger partial charge on any atom is -0.441 e. The Kier molecular flexibility index (Phi) is 4.40. The quantitative estimate of drug-likeness (QED) is 0.926. The molecule has 5 heteroatoms. The molecular formula is C20H26N2O3. The van der Waals surface area contributed by atoms with E-state index in [1.165, 1.54) is 5.56 Å². The van der Waals surface area contributed by atoms with Gasteiger partial charge in [0.15, 0.2) is 0 Å². The summed E-state index contributed by atoms with van der Waals surface area (Å²) in [5.74, 6) is 2.07. The number of hydrogen-bond acceptors (Lipinski definition) is 5. The molecule has 5 nitrogen and oxygen atoms in total. The maximum Gasteiger partial charge on any atom is 0.226 e. The lowest BCUT2D eigenvalue weighted by Crippen LogP contribution is -2.42. The fraction of sp³-hybridized carbons (Fsp3) is 0.550. The highest BCUT2D eigenvalue weighted by Gasteiger charge is 2.48. The highest BCUT2D eigenvalue weighted by Crippen LogP contribution is 2.41. The van der Waals surface area contributed by atoms with Crippen molar-refractivity contribution in [2.75, 3.05) is 32.9 Å². The molecule has 2 aliphatic heterocycles. The maximum atomic E-state index is 9.92. The van der Waals surface area contributed by atoms with Crippen molar-refractivity contribution in [3.63, 3.8) is 0 Å². The van der Waals surface area contributed by atoms with Crippen LogP contribution in [0.4, 0.5) is 0 Å². The molecule has 0 unspecified atom stereocenters. The number of ether oxygens (including phenoxy) is 1.